The maximum Gasteiger partial charge on any atom is 0.335 e. The second kappa shape index (κ2) is 11.5. The Bertz CT molecular complexity index is 1730. The van der Waals surface area contributed by atoms with Crippen LogP contribution in [0.25, 0.3) is 21.9 Å². The van der Waals surface area contributed by atoms with Gasteiger partial charge in [-0.1, -0.05) is 24.3 Å². The van der Waals surface area contributed by atoms with Gasteiger partial charge >= 0.3 is 5.97 Å². The molecule has 2 saturated heterocycles. The number of hydrogen-bond acceptors (Lipinski definition) is 7. The van der Waals surface area contributed by atoms with E-state index in [0.717, 1.165) is 78.0 Å². The van der Waals surface area contributed by atoms with E-state index >= 15 is 0 Å². The molecule has 42 heavy (non-hydrogen) atoms. The quantitative estimate of drug-likeness (QED) is 0.254. The van der Waals surface area contributed by atoms with Gasteiger partial charge in [-0.15, -0.1) is 0 Å². The van der Waals surface area contributed by atoms with E-state index in [0.29, 0.717) is 31.5 Å². The molecule has 0 aliphatic carbocycles. The van der Waals surface area contributed by atoms with Crippen LogP contribution < -0.4 is 4.74 Å². The van der Waals surface area contributed by atoms with E-state index in [1.54, 1.807) is 12.1 Å². The largest absolute Gasteiger partial charge is 0.478 e. The maximum atomic E-state index is 11.6. The molecule has 0 bridgehead atoms. The molecular weight excluding hydrogens is 530 g/mol. The van der Waals surface area contributed by atoms with Gasteiger partial charge in [0.25, 0.3) is 0 Å². The fourth-order valence-electron chi connectivity index (χ4n) is 6.02. The van der Waals surface area contributed by atoms with Crippen molar-refractivity contribution in [2.75, 3.05) is 19.7 Å². The SMILES string of the molecule is O=C(O)c1ccc2nc(CN3CCC(c4cccc(OCc5ccnc6ccccc56)n4)CC3)n(CC3CCO3)c2c1. The van der Waals surface area contributed by atoms with Crippen LogP contribution in [0.2, 0.25) is 0 Å². The number of pyridine rings is 2. The summed E-state index contributed by atoms with van der Waals surface area (Å²) in [6.07, 6.45) is 4.99. The number of piperidine rings is 1. The lowest BCUT2D eigenvalue weighted by molar-refractivity contribution is -0.0592. The van der Waals surface area contributed by atoms with Crippen LogP contribution in [0, 0.1) is 0 Å². The van der Waals surface area contributed by atoms with E-state index in [9.17, 15) is 9.90 Å². The molecular formula is C33H33N5O4. The molecule has 9 nitrogen and oxygen atoms in total. The third kappa shape index (κ3) is 5.45. The monoisotopic (exact) mass is 563 g/mol. The first-order valence-corrected chi connectivity index (χ1v) is 14.6. The molecule has 2 aromatic carbocycles. The fraction of sp³-hybridized carbons (Fsp3) is 0.333. The summed E-state index contributed by atoms with van der Waals surface area (Å²) in [6.45, 7) is 4.50. The number of aromatic carboxylic acids is 1. The zero-order valence-corrected chi connectivity index (χ0v) is 23.4. The van der Waals surface area contributed by atoms with Crippen LogP contribution in [0.1, 0.15) is 52.6 Å². The van der Waals surface area contributed by atoms with Crippen molar-refractivity contribution in [3.8, 4) is 5.88 Å². The number of nitrogens with zero attached hydrogens (tertiary/aromatic N) is 5. The summed E-state index contributed by atoms with van der Waals surface area (Å²) < 4.78 is 14.0. The van der Waals surface area contributed by atoms with E-state index < -0.39 is 5.97 Å². The van der Waals surface area contributed by atoms with Crippen molar-refractivity contribution in [1.82, 2.24) is 24.4 Å². The van der Waals surface area contributed by atoms with Crippen molar-refractivity contribution in [3.63, 3.8) is 0 Å². The van der Waals surface area contributed by atoms with Gasteiger partial charge in [0.15, 0.2) is 0 Å². The second-order valence-electron chi connectivity index (χ2n) is 11.2. The van der Waals surface area contributed by atoms with Gasteiger partial charge in [-0.3, -0.25) is 9.88 Å². The van der Waals surface area contributed by atoms with Crippen LogP contribution in [-0.4, -0.2) is 61.3 Å². The molecule has 5 aromatic rings. The molecule has 0 spiro atoms. The second-order valence-corrected chi connectivity index (χ2v) is 11.2. The van der Waals surface area contributed by atoms with E-state index in [1.165, 1.54) is 0 Å². The Balaban J connectivity index is 1.01. The number of rotatable bonds is 9. The standard InChI is InChI=1S/C33H33N5O4/c39-33(40)23-8-9-29-30(18-23)38(19-25-13-17-41-25)31(35-29)20-37-15-11-22(12-16-37)27-6-3-7-32(36-27)42-21-24-10-14-34-28-5-2-1-4-26(24)28/h1-10,14,18,22,25H,11-13,15-17,19-21H2,(H,39,40). The molecule has 214 valence electrons. The highest BCUT2D eigenvalue weighted by Crippen LogP contribution is 2.30. The lowest BCUT2D eigenvalue weighted by Gasteiger charge is -2.32. The number of carbonyl (C=O) groups is 1. The number of para-hydroxylation sites is 1. The minimum Gasteiger partial charge on any atom is -0.478 e. The Hall–Kier alpha value is -4.34. The molecule has 9 heteroatoms. The third-order valence-corrected chi connectivity index (χ3v) is 8.48. The number of likely N-dealkylation sites (tertiary alicyclic amines) is 1. The normalized spacial score (nSPS) is 17.9. The number of benzene rings is 2. The molecule has 0 amide bonds. The first kappa shape index (κ1) is 26.6. The van der Waals surface area contributed by atoms with Crippen LogP contribution in [0.3, 0.4) is 0 Å². The summed E-state index contributed by atoms with van der Waals surface area (Å²) >= 11 is 0. The lowest BCUT2D eigenvalue weighted by atomic mass is 9.93. The van der Waals surface area contributed by atoms with Gasteiger partial charge in [0.1, 0.15) is 12.4 Å². The first-order chi connectivity index (χ1) is 20.6. The molecule has 2 aliphatic heterocycles. The number of carboxylic acids is 1. The Morgan fingerprint density at radius 2 is 1.83 bits per heavy atom. The molecule has 0 radical (unpaired) electrons. The molecule has 3 aromatic heterocycles. The first-order valence-electron chi connectivity index (χ1n) is 14.6. The summed E-state index contributed by atoms with van der Waals surface area (Å²) in [5, 5.41) is 10.6. The van der Waals surface area contributed by atoms with E-state index in [-0.39, 0.29) is 11.7 Å². The Morgan fingerprint density at radius 1 is 0.976 bits per heavy atom. The number of imidazole rings is 1. The van der Waals surface area contributed by atoms with Crippen molar-refractivity contribution in [3.05, 3.63) is 95.6 Å². The van der Waals surface area contributed by atoms with Crippen molar-refractivity contribution < 1.29 is 19.4 Å². The molecule has 2 aliphatic rings. The maximum absolute atomic E-state index is 11.6. The number of carboxylic acid groups (broad SMARTS) is 1. The smallest absolute Gasteiger partial charge is 0.335 e. The van der Waals surface area contributed by atoms with Crippen LogP contribution in [0.5, 0.6) is 5.88 Å². The van der Waals surface area contributed by atoms with Gasteiger partial charge in [-0.25, -0.2) is 14.8 Å². The Kier molecular flexibility index (Phi) is 7.27. The molecule has 2 fully saturated rings. The van der Waals surface area contributed by atoms with Gasteiger partial charge in [0.05, 0.1) is 41.3 Å². The minimum absolute atomic E-state index is 0.151. The summed E-state index contributed by atoms with van der Waals surface area (Å²) in [5.74, 6) is 1.04. The molecule has 5 heterocycles. The van der Waals surface area contributed by atoms with Gasteiger partial charge in [0.2, 0.25) is 5.88 Å². The highest BCUT2D eigenvalue weighted by molar-refractivity contribution is 5.92. The summed E-state index contributed by atoms with van der Waals surface area (Å²) in [4.78, 5) is 28.3. The Labute approximate surface area is 243 Å². The summed E-state index contributed by atoms with van der Waals surface area (Å²) in [6, 6.07) is 21.3. The zero-order valence-electron chi connectivity index (χ0n) is 23.4. The topological polar surface area (TPSA) is 103 Å². The fourth-order valence-corrected chi connectivity index (χ4v) is 6.02. The number of fused-ring (bicyclic) bond motifs is 2. The molecule has 0 saturated carbocycles. The third-order valence-electron chi connectivity index (χ3n) is 8.48. The number of aromatic nitrogens is 4. The van der Waals surface area contributed by atoms with Gasteiger partial charge in [0, 0.05) is 41.4 Å². The van der Waals surface area contributed by atoms with E-state index in [2.05, 4.69) is 26.6 Å². The van der Waals surface area contributed by atoms with Crippen molar-refractivity contribution >= 4 is 27.9 Å². The highest BCUT2D eigenvalue weighted by Gasteiger charge is 2.26. The predicted molar refractivity (Wildman–Crippen MR) is 159 cm³/mol. The van der Waals surface area contributed by atoms with Crippen LogP contribution in [0.15, 0.2) is 72.9 Å². The Morgan fingerprint density at radius 3 is 2.64 bits per heavy atom. The predicted octanol–water partition coefficient (Wildman–Crippen LogP) is 5.43. The summed E-state index contributed by atoms with van der Waals surface area (Å²) in [5.41, 5.74) is 5.08. The van der Waals surface area contributed by atoms with Gasteiger partial charge < -0.3 is 19.1 Å². The van der Waals surface area contributed by atoms with E-state index in [1.807, 2.05) is 48.7 Å². The highest BCUT2D eigenvalue weighted by atomic mass is 16.5. The van der Waals surface area contributed by atoms with Gasteiger partial charge in [-0.05, 0) is 68.8 Å². The number of ether oxygens (including phenoxy) is 2. The van der Waals surface area contributed by atoms with Crippen molar-refractivity contribution in [1.29, 1.82) is 0 Å². The van der Waals surface area contributed by atoms with E-state index in [4.69, 9.17) is 19.4 Å². The zero-order chi connectivity index (χ0) is 28.5. The lowest BCUT2D eigenvalue weighted by Crippen LogP contribution is -2.35. The number of hydrogen-bond donors (Lipinski definition) is 1. The average Bonchev–Trinajstić information content (AvgIpc) is 3.34. The van der Waals surface area contributed by atoms with Gasteiger partial charge in [-0.2, -0.15) is 0 Å². The molecule has 1 N–H and O–H groups in total. The van der Waals surface area contributed by atoms with Crippen molar-refractivity contribution in [2.24, 2.45) is 0 Å². The molecule has 1 unspecified atom stereocenters. The average molecular weight is 564 g/mol. The van der Waals surface area contributed by atoms with Crippen LogP contribution in [0.4, 0.5) is 0 Å². The summed E-state index contributed by atoms with van der Waals surface area (Å²) in [7, 11) is 0. The minimum atomic E-state index is -0.929. The van der Waals surface area contributed by atoms with Crippen molar-refractivity contribution in [2.45, 2.75) is 51.0 Å². The molecule has 7 rings (SSSR count). The van der Waals surface area contributed by atoms with Crippen LogP contribution in [-0.2, 0) is 24.4 Å². The molecule has 1 atom stereocenters. The van der Waals surface area contributed by atoms with Crippen LogP contribution >= 0.6 is 0 Å².